The smallest absolute Gasteiger partial charge is 0.293 e. The molecular weight excluding hydrogens is 388 g/mol. The minimum atomic E-state index is -4.11. The number of amides is 1. The van der Waals surface area contributed by atoms with E-state index in [-0.39, 0.29) is 15.9 Å². The molecule has 148 valence electrons. The van der Waals surface area contributed by atoms with Gasteiger partial charge >= 0.3 is 0 Å². The molecule has 1 saturated heterocycles. The van der Waals surface area contributed by atoms with Crippen molar-refractivity contribution in [3.8, 4) is 5.75 Å². The molecule has 1 amide bonds. The Balaban J connectivity index is 2.29. The number of fused-ring (bicyclic) bond motifs is 1. The maximum Gasteiger partial charge on any atom is 0.293 e. The highest BCUT2D eigenvalue weighted by molar-refractivity contribution is 7.22. The first-order chi connectivity index (χ1) is 21.9. The lowest BCUT2D eigenvalue weighted by molar-refractivity contribution is 0.0946. The molecule has 0 unspecified atom stereocenters. The molecule has 0 saturated carbocycles. The van der Waals surface area contributed by atoms with Crippen LogP contribution >= 0.6 is 22.9 Å². The van der Waals surface area contributed by atoms with Gasteiger partial charge in [0, 0.05) is 39.9 Å². The quantitative estimate of drug-likeness (QED) is 0.697. The first kappa shape index (κ1) is 5.93. The SMILES string of the molecule is [2H]Oc1c(C(=O)N([2H])C([2H])([2H])CC([2H])([2H])N2C([2H])([2H])C([2H])([2H])C([2H])([2H])C([2H])([2H])C2([2H])[2H])c(=O)n(C([2H])(C([2H])([2H])[2H])C([2H])([2H])[2H])c2nc(Cl)sc12. The van der Waals surface area contributed by atoms with Crippen LogP contribution in [0.4, 0.5) is 0 Å². The van der Waals surface area contributed by atoms with Gasteiger partial charge in [-0.1, -0.05) is 29.3 Å². The van der Waals surface area contributed by atoms with Gasteiger partial charge in [0.25, 0.3) is 12.9 Å². The molecule has 2 aromatic heterocycles. The van der Waals surface area contributed by atoms with Crippen LogP contribution in [0.2, 0.25) is 5.88 Å². The Morgan fingerprint density at radius 1 is 1.59 bits per heavy atom. The maximum absolute atomic E-state index is 13.8. The van der Waals surface area contributed by atoms with Crippen LogP contribution in [-0.2, 0) is 0 Å². The first-order valence-corrected chi connectivity index (χ1v) is 8.10. The number of rotatable bonds is 7. The fraction of sp³-hybridized carbons (Fsp3) is 0.611. The highest BCUT2D eigenvalue weighted by atomic mass is 35.5. The van der Waals surface area contributed by atoms with Crippen molar-refractivity contribution >= 4 is 39.2 Å². The highest BCUT2D eigenvalue weighted by Gasteiger charge is 2.25. The summed E-state index contributed by atoms with van der Waals surface area (Å²) in [6.45, 7) is -23.9. The molecule has 0 spiro atoms. The average molecular weight is 436 g/mol. The Morgan fingerprint density at radius 2 is 2.37 bits per heavy atom. The van der Waals surface area contributed by atoms with Crippen molar-refractivity contribution in [1.29, 1.82) is 1.43 Å². The molecule has 0 atom stereocenters. The molecule has 0 aromatic carbocycles. The van der Waals surface area contributed by atoms with Crippen molar-refractivity contribution in [1.82, 2.24) is 19.8 Å². The Morgan fingerprint density at radius 3 is 3.07 bits per heavy atom. The number of thiazole rings is 1. The summed E-state index contributed by atoms with van der Waals surface area (Å²) >= 11 is 6.15. The Hall–Kier alpha value is -1.64. The zero-order valence-electron chi connectivity index (χ0n) is 36.0. The molecule has 2 N–H and O–H groups in total. The monoisotopic (exact) mass is 435 g/mol. The van der Waals surface area contributed by atoms with E-state index in [0.29, 0.717) is 0 Å². The van der Waals surface area contributed by atoms with Crippen LogP contribution < -0.4 is 10.9 Å². The number of aromatic hydroxyl groups is 1. The van der Waals surface area contributed by atoms with E-state index < -0.39 is 119 Å². The molecule has 3 rings (SSSR count). The van der Waals surface area contributed by atoms with Crippen LogP contribution in [-0.4, -0.2) is 52.9 Å². The number of hydrogen-bond acceptors (Lipinski definition) is 6. The number of nitrogens with one attached hydrogen (secondary N) is 1. The van der Waals surface area contributed by atoms with Gasteiger partial charge in [-0.3, -0.25) is 14.2 Å². The Kier molecular flexibility index (Phi) is 1.89. The van der Waals surface area contributed by atoms with Gasteiger partial charge in [0.1, 0.15) is 10.3 Å². The second-order valence-corrected chi connectivity index (χ2v) is 6.24. The third kappa shape index (κ3) is 4.28. The number of likely N-dealkylation sites (tertiary alicyclic amines) is 1. The van der Waals surface area contributed by atoms with Gasteiger partial charge < -0.3 is 15.3 Å². The first-order valence-electron chi connectivity index (χ1n) is 18.3. The van der Waals surface area contributed by atoms with Crippen molar-refractivity contribution in [2.75, 3.05) is 26.0 Å². The largest absolute Gasteiger partial charge is 0.505 e. The maximum atomic E-state index is 13.8. The minimum absolute atomic E-state index is 0.264. The van der Waals surface area contributed by atoms with Crippen LogP contribution in [0.5, 0.6) is 5.75 Å². The number of carbonyl (C=O) groups excluding carboxylic acids is 1. The van der Waals surface area contributed by atoms with Gasteiger partial charge in [0.05, 0.1) is 1.37 Å². The van der Waals surface area contributed by atoms with Gasteiger partial charge in [-0.2, -0.15) is 0 Å². The number of halogens is 1. The lowest BCUT2D eigenvalue weighted by atomic mass is 10.1. The molecule has 3 heterocycles. The highest BCUT2D eigenvalue weighted by Crippen LogP contribution is 2.34. The summed E-state index contributed by atoms with van der Waals surface area (Å²) in [7, 11) is 0. The number of piperidine rings is 1. The fourth-order valence-electron chi connectivity index (χ4n) is 1.99. The number of hydrogen-bond donors (Lipinski definition) is 2. The zero-order valence-corrected chi connectivity index (χ0v) is 14.6. The molecule has 27 heavy (non-hydrogen) atoms. The van der Waals surface area contributed by atoms with E-state index in [1.807, 2.05) is 0 Å². The van der Waals surface area contributed by atoms with Crippen LogP contribution in [0.15, 0.2) is 4.79 Å². The lowest BCUT2D eigenvalue weighted by Gasteiger charge is -2.26. The van der Waals surface area contributed by atoms with Crippen LogP contribution in [0.25, 0.3) is 10.3 Å². The van der Waals surface area contributed by atoms with E-state index in [9.17, 15) is 9.59 Å². The average Bonchev–Trinajstić information content (AvgIpc) is 3.28. The standard InChI is InChI=1S/C18H25ClN4O3S/c1-11(2)23-15-14(27-18(19)21-15)13(24)12(17(23)26)16(25)20-7-6-10-22-8-4-3-5-9-22/h11,24H,3-10H2,1-2H3,(H,20,25)/i1D3,2D3,3D2,4D2,5D2,7D2,8D2,9D2,10D2,11D/hD2. The molecule has 0 bridgehead atoms. The molecule has 9 heteroatoms. The molecule has 1 aliphatic rings. The lowest BCUT2D eigenvalue weighted by Crippen LogP contribution is -2.36. The van der Waals surface area contributed by atoms with Gasteiger partial charge in [-0.25, -0.2) is 4.98 Å². The second-order valence-electron chi connectivity index (χ2n) is 4.66. The van der Waals surface area contributed by atoms with Gasteiger partial charge in [0.15, 0.2) is 17.3 Å². The molecule has 0 aliphatic carbocycles. The number of pyridine rings is 1. The van der Waals surface area contributed by atoms with Crippen molar-refractivity contribution in [2.45, 2.75) is 45.3 Å². The van der Waals surface area contributed by atoms with E-state index in [1.165, 1.54) is 0 Å². The molecule has 2 aromatic rings. The molecule has 1 aliphatic heterocycles. The van der Waals surface area contributed by atoms with E-state index in [0.717, 1.165) is 0 Å². The third-order valence-corrected chi connectivity index (χ3v) is 4.19. The summed E-state index contributed by atoms with van der Waals surface area (Å²) in [5.41, 5.74) is -4.74. The summed E-state index contributed by atoms with van der Waals surface area (Å²) in [6.07, 6.45) is -14.1. The summed E-state index contributed by atoms with van der Waals surface area (Å²) in [5, 5.41) is 3.51. The van der Waals surface area contributed by atoms with E-state index >= 15 is 0 Å². The van der Waals surface area contributed by atoms with E-state index in [2.05, 4.69) is 10.1 Å². The molecule has 0 radical (unpaired) electrons. The van der Waals surface area contributed by atoms with Crippen molar-refractivity contribution in [3.05, 3.63) is 20.4 Å². The van der Waals surface area contributed by atoms with Gasteiger partial charge in [-0.15, -0.1) is 0 Å². The summed E-state index contributed by atoms with van der Waals surface area (Å²) in [6, 6.07) is -3.97. The number of nitrogens with zero attached hydrogens (tertiary/aromatic N) is 3. The van der Waals surface area contributed by atoms with Crippen molar-refractivity contribution < 1.29 is 40.1 Å². The van der Waals surface area contributed by atoms with E-state index in [4.69, 9.17) is 43.2 Å². The van der Waals surface area contributed by atoms with Gasteiger partial charge in [-0.05, 0) is 52.4 Å². The predicted octanol–water partition coefficient (Wildman–Crippen LogP) is 3.00. The van der Waals surface area contributed by atoms with Crippen LogP contribution in [0.3, 0.4) is 0 Å². The number of carbonyl (C=O) groups is 1. The predicted molar refractivity (Wildman–Crippen MR) is 108 cm³/mol. The summed E-state index contributed by atoms with van der Waals surface area (Å²) in [4.78, 5) is 30.4. The van der Waals surface area contributed by atoms with Crippen molar-refractivity contribution in [2.24, 2.45) is 0 Å². The van der Waals surface area contributed by atoms with Crippen LogP contribution in [0.1, 0.15) is 84.4 Å². The second kappa shape index (κ2) is 8.58. The van der Waals surface area contributed by atoms with Crippen LogP contribution in [0, 0.1) is 0 Å². The fourth-order valence-corrected chi connectivity index (χ4v) is 3.02. The Bertz CT molecular complexity index is 1710. The summed E-state index contributed by atoms with van der Waals surface area (Å²) < 4.78 is 183. The van der Waals surface area contributed by atoms with Crippen molar-refractivity contribution in [3.63, 3.8) is 0 Å². The normalized spacial score (nSPS) is 39.7. The molecule has 1 fully saturated rings. The number of aromatic nitrogens is 2. The summed E-state index contributed by atoms with van der Waals surface area (Å²) in [5.74, 6) is -3.42. The minimum Gasteiger partial charge on any atom is -0.505 e. The Labute approximate surface area is 199 Å². The van der Waals surface area contributed by atoms with E-state index in [1.54, 1.807) is 0 Å². The topological polar surface area (TPSA) is 87.5 Å². The third-order valence-electron chi connectivity index (χ3n) is 3.04. The molecule has 7 nitrogen and oxygen atoms in total. The molecular formula is C18H25ClN4O3S. The zero-order chi connectivity index (χ0) is 39.6. The van der Waals surface area contributed by atoms with Gasteiger partial charge in [0.2, 0.25) is 0 Å².